The van der Waals surface area contributed by atoms with E-state index < -0.39 is 12.0 Å². The Bertz CT molecular complexity index is 709. The van der Waals surface area contributed by atoms with Crippen molar-refractivity contribution < 1.29 is 19.1 Å². The molecular weight excluding hydrogens is 364 g/mol. The molecule has 0 saturated carbocycles. The summed E-state index contributed by atoms with van der Waals surface area (Å²) < 4.78 is 6.70. The Morgan fingerprint density at radius 3 is 2.61 bits per heavy atom. The summed E-state index contributed by atoms with van der Waals surface area (Å²) in [5.74, 6) is -0.283. The number of carboxylic acid groups (broad SMARTS) is 1. The predicted octanol–water partition coefficient (Wildman–Crippen LogP) is 2.93. The molecule has 1 heterocycles. The van der Waals surface area contributed by atoms with Crippen molar-refractivity contribution in [1.82, 2.24) is 10.3 Å². The van der Waals surface area contributed by atoms with Gasteiger partial charge >= 0.3 is 5.97 Å². The molecular formula is C16H17BrN2O4. The van der Waals surface area contributed by atoms with Crippen molar-refractivity contribution in [2.24, 2.45) is 0 Å². The molecule has 0 fully saturated rings. The molecule has 7 heteroatoms. The molecule has 1 aromatic heterocycles. The van der Waals surface area contributed by atoms with Crippen molar-refractivity contribution in [3.8, 4) is 11.3 Å². The average Bonchev–Trinajstić information content (AvgIpc) is 2.87. The Morgan fingerprint density at radius 2 is 2.00 bits per heavy atom. The van der Waals surface area contributed by atoms with Crippen LogP contribution in [0.15, 0.2) is 33.2 Å². The van der Waals surface area contributed by atoms with Crippen LogP contribution in [-0.4, -0.2) is 28.0 Å². The number of hydrogen-bond acceptors (Lipinski definition) is 4. The Morgan fingerprint density at radius 1 is 1.35 bits per heavy atom. The fourth-order valence-electron chi connectivity index (χ4n) is 2.02. The molecule has 0 aliphatic carbocycles. The fraction of sp³-hybridized carbons (Fsp3) is 0.312. The van der Waals surface area contributed by atoms with Crippen molar-refractivity contribution in [2.45, 2.75) is 32.7 Å². The first-order chi connectivity index (χ1) is 10.9. The maximum Gasteiger partial charge on any atom is 0.325 e. The maximum atomic E-state index is 11.7. The lowest BCUT2D eigenvalue weighted by Crippen LogP contribution is -2.38. The van der Waals surface area contributed by atoms with Crippen LogP contribution < -0.4 is 5.32 Å². The minimum Gasteiger partial charge on any atom is -0.480 e. The number of benzene rings is 1. The monoisotopic (exact) mass is 380 g/mol. The van der Waals surface area contributed by atoms with E-state index in [0.29, 0.717) is 18.1 Å². The lowest BCUT2D eigenvalue weighted by atomic mass is 10.1. The van der Waals surface area contributed by atoms with Crippen LogP contribution in [0.25, 0.3) is 11.3 Å². The molecule has 1 aromatic carbocycles. The standard InChI is InChI=1S/C16H17BrN2O4/c1-9-15(11-3-5-12(17)6-4-11)23-14(19-9)8-7-13(20)18-10(2)16(21)22/h3-6,10H,7-8H2,1-2H3,(H,18,20)(H,21,22)/t10-/m0/s1. The number of nitrogens with zero attached hydrogens (tertiary/aromatic N) is 1. The first-order valence-corrected chi connectivity index (χ1v) is 7.90. The van der Waals surface area contributed by atoms with Gasteiger partial charge in [0.25, 0.3) is 0 Å². The molecule has 2 aromatic rings. The molecule has 0 aliphatic rings. The number of aromatic nitrogens is 1. The summed E-state index contributed by atoms with van der Waals surface area (Å²) in [7, 11) is 0. The number of halogens is 1. The number of oxazole rings is 1. The van der Waals surface area contributed by atoms with Crippen molar-refractivity contribution in [3.05, 3.63) is 40.3 Å². The Kier molecular flexibility index (Phi) is 5.54. The van der Waals surface area contributed by atoms with Crippen LogP contribution in [0.3, 0.4) is 0 Å². The summed E-state index contributed by atoms with van der Waals surface area (Å²) in [5, 5.41) is 11.1. The quantitative estimate of drug-likeness (QED) is 0.803. The smallest absolute Gasteiger partial charge is 0.325 e. The van der Waals surface area contributed by atoms with E-state index in [0.717, 1.165) is 15.7 Å². The third-order valence-electron chi connectivity index (χ3n) is 3.26. The predicted molar refractivity (Wildman–Crippen MR) is 87.9 cm³/mol. The molecule has 0 aliphatic heterocycles. The Hall–Kier alpha value is -2.15. The van der Waals surface area contributed by atoms with Gasteiger partial charge in [-0.15, -0.1) is 0 Å². The second-order valence-corrected chi connectivity index (χ2v) is 6.07. The van der Waals surface area contributed by atoms with Crippen LogP contribution in [-0.2, 0) is 16.0 Å². The van der Waals surface area contributed by atoms with Crippen molar-refractivity contribution in [2.75, 3.05) is 0 Å². The van der Waals surface area contributed by atoms with E-state index in [1.807, 2.05) is 31.2 Å². The number of aryl methyl sites for hydroxylation is 2. The number of carbonyl (C=O) groups is 2. The molecule has 122 valence electrons. The van der Waals surface area contributed by atoms with Gasteiger partial charge in [-0.05, 0) is 26.0 Å². The highest BCUT2D eigenvalue weighted by Gasteiger charge is 2.16. The van der Waals surface area contributed by atoms with E-state index in [9.17, 15) is 9.59 Å². The summed E-state index contributed by atoms with van der Waals surface area (Å²) in [6.07, 6.45) is 0.437. The van der Waals surface area contributed by atoms with Gasteiger partial charge in [0, 0.05) is 22.9 Å². The molecule has 23 heavy (non-hydrogen) atoms. The topological polar surface area (TPSA) is 92.4 Å². The van der Waals surface area contributed by atoms with Crippen molar-refractivity contribution in [3.63, 3.8) is 0 Å². The molecule has 6 nitrogen and oxygen atoms in total. The van der Waals surface area contributed by atoms with Gasteiger partial charge in [-0.1, -0.05) is 28.1 Å². The number of aliphatic carboxylic acids is 1. The molecule has 0 saturated heterocycles. The van der Waals surface area contributed by atoms with Gasteiger partial charge < -0.3 is 14.8 Å². The summed E-state index contributed by atoms with van der Waals surface area (Å²) in [6, 6.07) is 6.76. The van der Waals surface area contributed by atoms with E-state index >= 15 is 0 Å². The molecule has 2 N–H and O–H groups in total. The first kappa shape index (κ1) is 17.2. The molecule has 1 atom stereocenters. The summed E-state index contributed by atoms with van der Waals surface area (Å²) in [5.41, 5.74) is 1.66. The highest BCUT2D eigenvalue weighted by atomic mass is 79.9. The van der Waals surface area contributed by atoms with Crippen LogP contribution >= 0.6 is 15.9 Å². The zero-order valence-electron chi connectivity index (χ0n) is 12.8. The molecule has 0 radical (unpaired) electrons. The number of carboxylic acids is 1. The lowest BCUT2D eigenvalue weighted by molar-refractivity contribution is -0.141. The third-order valence-corrected chi connectivity index (χ3v) is 3.79. The van der Waals surface area contributed by atoms with Crippen molar-refractivity contribution >= 4 is 27.8 Å². The van der Waals surface area contributed by atoms with E-state index in [4.69, 9.17) is 9.52 Å². The Labute approximate surface area is 142 Å². The second-order valence-electron chi connectivity index (χ2n) is 5.16. The zero-order chi connectivity index (χ0) is 17.0. The maximum absolute atomic E-state index is 11.7. The number of nitrogens with one attached hydrogen (secondary N) is 1. The third kappa shape index (κ3) is 4.66. The number of carbonyl (C=O) groups excluding carboxylic acids is 1. The highest BCUT2D eigenvalue weighted by molar-refractivity contribution is 9.10. The van der Waals surface area contributed by atoms with Crippen LogP contribution in [0.1, 0.15) is 24.9 Å². The van der Waals surface area contributed by atoms with Crippen LogP contribution in [0.4, 0.5) is 0 Å². The summed E-state index contributed by atoms with van der Waals surface area (Å²) in [4.78, 5) is 26.7. The normalized spacial score (nSPS) is 12.0. The molecule has 1 amide bonds. The number of amides is 1. The lowest BCUT2D eigenvalue weighted by Gasteiger charge is -2.07. The summed E-state index contributed by atoms with van der Waals surface area (Å²) in [6.45, 7) is 3.26. The van der Waals surface area contributed by atoms with Gasteiger partial charge in [0.1, 0.15) is 6.04 Å². The average molecular weight is 381 g/mol. The van der Waals surface area contributed by atoms with Crippen molar-refractivity contribution in [1.29, 1.82) is 0 Å². The molecule has 0 unspecified atom stereocenters. The van der Waals surface area contributed by atoms with Gasteiger partial charge in [-0.3, -0.25) is 9.59 Å². The van der Waals surface area contributed by atoms with E-state index in [1.165, 1.54) is 6.92 Å². The summed E-state index contributed by atoms with van der Waals surface area (Å²) >= 11 is 3.38. The van der Waals surface area contributed by atoms with Crippen LogP contribution in [0.2, 0.25) is 0 Å². The van der Waals surface area contributed by atoms with E-state index in [2.05, 4.69) is 26.2 Å². The van der Waals surface area contributed by atoms with E-state index in [-0.39, 0.29) is 12.3 Å². The first-order valence-electron chi connectivity index (χ1n) is 7.11. The minimum atomic E-state index is -1.07. The van der Waals surface area contributed by atoms with Gasteiger partial charge in [-0.2, -0.15) is 0 Å². The molecule has 0 bridgehead atoms. The second kappa shape index (κ2) is 7.41. The Balaban J connectivity index is 2.00. The van der Waals surface area contributed by atoms with E-state index in [1.54, 1.807) is 0 Å². The largest absolute Gasteiger partial charge is 0.480 e. The van der Waals surface area contributed by atoms with Gasteiger partial charge in [0.05, 0.1) is 5.69 Å². The fourth-order valence-corrected chi connectivity index (χ4v) is 2.29. The minimum absolute atomic E-state index is 0.122. The van der Waals surface area contributed by atoms with Gasteiger partial charge in [-0.25, -0.2) is 4.98 Å². The van der Waals surface area contributed by atoms with Crippen LogP contribution in [0, 0.1) is 6.92 Å². The zero-order valence-corrected chi connectivity index (χ0v) is 14.4. The van der Waals surface area contributed by atoms with Gasteiger partial charge in [0.15, 0.2) is 11.7 Å². The number of rotatable bonds is 6. The highest BCUT2D eigenvalue weighted by Crippen LogP contribution is 2.26. The number of hydrogen-bond donors (Lipinski definition) is 2. The van der Waals surface area contributed by atoms with Crippen LogP contribution in [0.5, 0.6) is 0 Å². The SMILES string of the molecule is Cc1nc(CCC(=O)N[C@@H](C)C(=O)O)oc1-c1ccc(Br)cc1. The van der Waals surface area contributed by atoms with Gasteiger partial charge in [0.2, 0.25) is 5.91 Å². The molecule has 2 rings (SSSR count). The molecule has 0 spiro atoms.